The third-order valence-corrected chi connectivity index (χ3v) is 4.07. The third kappa shape index (κ3) is 5.15. The summed E-state index contributed by atoms with van der Waals surface area (Å²) in [5.41, 5.74) is 0.916. The molecule has 0 heterocycles. The number of hydrogen-bond acceptors (Lipinski definition) is 6. The van der Waals surface area contributed by atoms with E-state index in [9.17, 15) is 9.59 Å². The zero-order chi connectivity index (χ0) is 18.2. The minimum absolute atomic E-state index is 0.378. The molecule has 2 aromatic carbocycles. The Morgan fingerprint density at radius 1 is 1.00 bits per heavy atom. The van der Waals surface area contributed by atoms with Gasteiger partial charge in [-0.2, -0.15) is 0 Å². The zero-order valence-electron chi connectivity index (χ0n) is 14.2. The molecule has 2 aromatic rings. The Balaban J connectivity index is 1.90. The Kier molecular flexibility index (Phi) is 6.71. The fraction of sp³-hybridized carbons (Fsp3) is 0.222. The van der Waals surface area contributed by atoms with Gasteiger partial charge in [0, 0.05) is 16.6 Å². The van der Waals surface area contributed by atoms with E-state index < -0.39 is 11.9 Å². The molecule has 7 heteroatoms. The number of esters is 1. The van der Waals surface area contributed by atoms with Crippen LogP contribution in [-0.2, 0) is 9.53 Å². The number of benzene rings is 2. The predicted octanol–water partition coefficient (Wildman–Crippen LogP) is 3.22. The normalized spacial score (nSPS) is 10.0. The van der Waals surface area contributed by atoms with Crippen molar-refractivity contribution < 1.29 is 23.8 Å². The van der Waals surface area contributed by atoms with Crippen molar-refractivity contribution >= 4 is 29.3 Å². The topological polar surface area (TPSA) is 73.9 Å². The Morgan fingerprint density at radius 3 is 2.28 bits per heavy atom. The number of nitrogens with one attached hydrogen (secondary N) is 1. The van der Waals surface area contributed by atoms with E-state index >= 15 is 0 Å². The van der Waals surface area contributed by atoms with Crippen molar-refractivity contribution in [2.75, 3.05) is 32.4 Å². The Bertz CT molecular complexity index is 746. The quantitative estimate of drug-likeness (QED) is 0.603. The van der Waals surface area contributed by atoms with Gasteiger partial charge in [0.1, 0.15) is 0 Å². The van der Waals surface area contributed by atoms with E-state index in [1.807, 2.05) is 18.4 Å². The summed E-state index contributed by atoms with van der Waals surface area (Å²) in [5.74, 6) is 0.0585. The van der Waals surface area contributed by atoms with Gasteiger partial charge < -0.3 is 19.5 Å². The van der Waals surface area contributed by atoms with Crippen LogP contribution < -0.4 is 14.8 Å². The standard InChI is InChI=1S/C18H19NO5S/c1-22-15-9-6-13(10-16(15)23-2)19-17(20)11-24-18(21)12-4-7-14(25-3)8-5-12/h4-10H,11H2,1-3H3,(H,19,20). The highest BCUT2D eigenvalue weighted by Crippen LogP contribution is 2.29. The first-order valence-electron chi connectivity index (χ1n) is 7.40. The number of hydrogen-bond donors (Lipinski definition) is 1. The Morgan fingerprint density at radius 2 is 1.68 bits per heavy atom. The van der Waals surface area contributed by atoms with Crippen molar-refractivity contribution in [1.82, 2.24) is 0 Å². The molecule has 0 fully saturated rings. The highest BCUT2D eigenvalue weighted by atomic mass is 32.2. The SMILES string of the molecule is COc1ccc(NC(=O)COC(=O)c2ccc(SC)cc2)cc1OC. The molecule has 0 unspecified atom stereocenters. The molecule has 1 N–H and O–H groups in total. The first kappa shape index (κ1) is 18.7. The predicted molar refractivity (Wildman–Crippen MR) is 96.7 cm³/mol. The van der Waals surface area contributed by atoms with E-state index in [-0.39, 0.29) is 6.61 Å². The molecule has 132 valence electrons. The molecule has 0 atom stereocenters. The maximum atomic E-state index is 11.9. The molecule has 0 bridgehead atoms. The van der Waals surface area contributed by atoms with Gasteiger partial charge in [0.05, 0.1) is 19.8 Å². The van der Waals surface area contributed by atoms with Crippen LogP contribution in [0.4, 0.5) is 5.69 Å². The van der Waals surface area contributed by atoms with Crippen LogP contribution in [0, 0.1) is 0 Å². The second-order valence-corrected chi connectivity index (χ2v) is 5.80. The van der Waals surface area contributed by atoms with Crippen LogP contribution >= 0.6 is 11.8 Å². The zero-order valence-corrected chi connectivity index (χ0v) is 15.0. The maximum Gasteiger partial charge on any atom is 0.338 e. The number of ether oxygens (including phenoxy) is 3. The molecule has 0 aliphatic carbocycles. The molecule has 0 radical (unpaired) electrons. The number of carbonyl (C=O) groups is 2. The molecule has 6 nitrogen and oxygen atoms in total. The smallest absolute Gasteiger partial charge is 0.338 e. The van der Waals surface area contributed by atoms with Crippen LogP contribution in [0.1, 0.15) is 10.4 Å². The first-order chi connectivity index (χ1) is 12.1. The molecule has 0 aliphatic rings. The van der Waals surface area contributed by atoms with Crippen LogP contribution in [0.2, 0.25) is 0 Å². The molecule has 1 amide bonds. The highest BCUT2D eigenvalue weighted by molar-refractivity contribution is 7.98. The third-order valence-electron chi connectivity index (χ3n) is 3.33. The lowest BCUT2D eigenvalue weighted by Crippen LogP contribution is -2.20. The van der Waals surface area contributed by atoms with Crippen molar-refractivity contribution in [2.24, 2.45) is 0 Å². The van der Waals surface area contributed by atoms with Gasteiger partial charge >= 0.3 is 5.97 Å². The van der Waals surface area contributed by atoms with E-state index in [1.54, 1.807) is 42.1 Å². The number of methoxy groups -OCH3 is 2. The van der Waals surface area contributed by atoms with Gasteiger partial charge in [0.25, 0.3) is 5.91 Å². The average Bonchev–Trinajstić information content (AvgIpc) is 2.66. The summed E-state index contributed by atoms with van der Waals surface area (Å²) >= 11 is 1.58. The summed E-state index contributed by atoms with van der Waals surface area (Å²) in [6, 6.07) is 12.0. The lowest BCUT2D eigenvalue weighted by Gasteiger charge is -2.11. The van der Waals surface area contributed by atoms with E-state index in [0.29, 0.717) is 22.7 Å². The van der Waals surface area contributed by atoms with E-state index in [1.165, 1.54) is 14.2 Å². The van der Waals surface area contributed by atoms with Gasteiger partial charge in [-0.05, 0) is 42.7 Å². The minimum Gasteiger partial charge on any atom is -0.493 e. The Hall–Kier alpha value is -2.67. The molecule has 0 saturated heterocycles. The molecule has 25 heavy (non-hydrogen) atoms. The maximum absolute atomic E-state index is 11.9. The summed E-state index contributed by atoms with van der Waals surface area (Å²) in [6.07, 6.45) is 1.95. The number of amides is 1. The number of thioether (sulfide) groups is 1. The molecule has 0 spiro atoms. The monoisotopic (exact) mass is 361 g/mol. The molecule has 2 rings (SSSR count). The molecule has 0 aliphatic heterocycles. The van der Waals surface area contributed by atoms with Crippen LogP contribution in [0.5, 0.6) is 11.5 Å². The second kappa shape index (κ2) is 8.98. The van der Waals surface area contributed by atoms with Crippen molar-refractivity contribution in [3.8, 4) is 11.5 Å². The summed E-state index contributed by atoms with van der Waals surface area (Å²) in [6.45, 7) is -0.378. The number of carbonyl (C=O) groups excluding carboxylic acids is 2. The van der Waals surface area contributed by atoms with Crippen molar-refractivity contribution in [1.29, 1.82) is 0 Å². The minimum atomic E-state index is -0.546. The van der Waals surface area contributed by atoms with Crippen LogP contribution in [0.15, 0.2) is 47.4 Å². The van der Waals surface area contributed by atoms with E-state index in [0.717, 1.165) is 4.90 Å². The van der Waals surface area contributed by atoms with E-state index in [4.69, 9.17) is 14.2 Å². The highest BCUT2D eigenvalue weighted by Gasteiger charge is 2.11. The number of anilines is 1. The van der Waals surface area contributed by atoms with Crippen molar-refractivity contribution in [2.45, 2.75) is 4.90 Å². The summed E-state index contributed by atoms with van der Waals surface area (Å²) in [5, 5.41) is 2.64. The van der Waals surface area contributed by atoms with Gasteiger partial charge in [-0.1, -0.05) is 0 Å². The van der Waals surface area contributed by atoms with Crippen LogP contribution in [0.25, 0.3) is 0 Å². The van der Waals surface area contributed by atoms with Gasteiger partial charge in [0.15, 0.2) is 18.1 Å². The van der Waals surface area contributed by atoms with Gasteiger partial charge in [-0.3, -0.25) is 4.79 Å². The van der Waals surface area contributed by atoms with Gasteiger partial charge in [0.2, 0.25) is 0 Å². The fourth-order valence-corrected chi connectivity index (χ4v) is 2.46. The summed E-state index contributed by atoms with van der Waals surface area (Å²) in [4.78, 5) is 24.9. The summed E-state index contributed by atoms with van der Waals surface area (Å²) < 4.78 is 15.3. The molecule has 0 aromatic heterocycles. The summed E-state index contributed by atoms with van der Waals surface area (Å²) in [7, 11) is 3.04. The van der Waals surface area contributed by atoms with Crippen LogP contribution in [-0.4, -0.2) is 39.0 Å². The lowest BCUT2D eigenvalue weighted by atomic mass is 10.2. The van der Waals surface area contributed by atoms with Crippen molar-refractivity contribution in [3.05, 3.63) is 48.0 Å². The lowest BCUT2D eigenvalue weighted by molar-refractivity contribution is -0.119. The Labute approximate surface area is 150 Å². The van der Waals surface area contributed by atoms with Crippen molar-refractivity contribution in [3.63, 3.8) is 0 Å². The van der Waals surface area contributed by atoms with E-state index in [2.05, 4.69) is 5.32 Å². The van der Waals surface area contributed by atoms with Gasteiger partial charge in [-0.25, -0.2) is 4.79 Å². The van der Waals surface area contributed by atoms with Crippen LogP contribution in [0.3, 0.4) is 0 Å². The number of rotatable bonds is 7. The largest absolute Gasteiger partial charge is 0.493 e. The fourth-order valence-electron chi connectivity index (χ4n) is 2.05. The van der Waals surface area contributed by atoms with Gasteiger partial charge in [-0.15, -0.1) is 11.8 Å². The first-order valence-corrected chi connectivity index (χ1v) is 8.63. The molecular weight excluding hydrogens is 342 g/mol. The molecule has 0 saturated carbocycles. The molecular formula is C18H19NO5S. The second-order valence-electron chi connectivity index (χ2n) is 4.92. The average molecular weight is 361 g/mol.